The average molecular weight is 241 g/mol. The van der Waals surface area contributed by atoms with Crippen LogP contribution >= 0.6 is 11.6 Å². The molecule has 0 aliphatic carbocycles. The normalized spacial score (nSPS) is 14.2. The monoisotopic (exact) mass is 240 g/mol. The van der Waals surface area contributed by atoms with Gasteiger partial charge in [0.05, 0.1) is 6.04 Å². The number of hydrogen-bond acceptors (Lipinski definition) is 2. The van der Waals surface area contributed by atoms with Crippen LogP contribution in [-0.2, 0) is 4.79 Å². The molecular weight excluding hydrogens is 224 g/mol. The van der Waals surface area contributed by atoms with Crippen LogP contribution in [0.1, 0.15) is 25.5 Å². The van der Waals surface area contributed by atoms with E-state index in [1.54, 1.807) is 7.05 Å². The summed E-state index contributed by atoms with van der Waals surface area (Å²) in [6.07, 6.45) is 0. The van der Waals surface area contributed by atoms with E-state index in [0.29, 0.717) is 5.02 Å². The summed E-state index contributed by atoms with van der Waals surface area (Å²) in [5.41, 5.74) is 1.07. The van der Waals surface area contributed by atoms with Crippen molar-refractivity contribution < 1.29 is 4.79 Å². The van der Waals surface area contributed by atoms with E-state index in [1.807, 2.05) is 38.1 Å². The van der Waals surface area contributed by atoms with Gasteiger partial charge in [-0.05, 0) is 31.5 Å². The summed E-state index contributed by atoms with van der Waals surface area (Å²) >= 11 is 5.91. The van der Waals surface area contributed by atoms with E-state index in [4.69, 9.17) is 11.6 Å². The first-order valence-corrected chi connectivity index (χ1v) is 5.65. The highest BCUT2D eigenvalue weighted by Crippen LogP contribution is 2.17. The van der Waals surface area contributed by atoms with Crippen LogP contribution in [0.15, 0.2) is 24.3 Å². The zero-order chi connectivity index (χ0) is 12.1. The summed E-state index contributed by atoms with van der Waals surface area (Å²) in [6.45, 7) is 3.84. The van der Waals surface area contributed by atoms with Crippen molar-refractivity contribution in [3.63, 3.8) is 0 Å². The van der Waals surface area contributed by atoms with Gasteiger partial charge in [-0.1, -0.05) is 23.7 Å². The Hall–Kier alpha value is -1.06. The summed E-state index contributed by atoms with van der Waals surface area (Å²) in [7, 11) is 1.63. The van der Waals surface area contributed by atoms with Gasteiger partial charge in [0.15, 0.2) is 0 Å². The maximum absolute atomic E-state index is 11.3. The minimum Gasteiger partial charge on any atom is -0.358 e. The van der Waals surface area contributed by atoms with E-state index in [1.165, 1.54) is 0 Å². The number of carbonyl (C=O) groups is 1. The molecule has 0 aliphatic heterocycles. The van der Waals surface area contributed by atoms with E-state index in [2.05, 4.69) is 10.6 Å². The third-order valence-corrected chi connectivity index (χ3v) is 2.72. The van der Waals surface area contributed by atoms with Gasteiger partial charge in [0.2, 0.25) is 5.91 Å². The number of halogens is 1. The van der Waals surface area contributed by atoms with Gasteiger partial charge in [-0.25, -0.2) is 0 Å². The average Bonchev–Trinajstić information content (AvgIpc) is 2.27. The molecule has 4 heteroatoms. The van der Waals surface area contributed by atoms with Gasteiger partial charge in [0.25, 0.3) is 0 Å². The fraction of sp³-hybridized carbons (Fsp3) is 0.417. The highest BCUT2D eigenvalue weighted by Gasteiger charge is 2.14. The van der Waals surface area contributed by atoms with E-state index in [9.17, 15) is 4.79 Å². The van der Waals surface area contributed by atoms with Crippen LogP contribution in [0, 0.1) is 0 Å². The highest BCUT2D eigenvalue weighted by atomic mass is 35.5. The first-order chi connectivity index (χ1) is 7.54. The zero-order valence-electron chi connectivity index (χ0n) is 9.75. The van der Waals surface area contributed by atoms with Crippen LogP contribution in [0.4, 0.5) is 0 Å². The Bertz CT molecular complexity index is 368. The topological polar surface area (TPSA) is 41.1 Å². The van der Waals surface area contributed by atoms with Gasteiger partial charge < -0.3 is 5.32 Å². The molecule has 2 N–H and O–H groups in total. The molecule has 1 aromatic rings. The number of rotatable bonds is 4. The highest BCUT2D eigenvalue weighted by molar-refractivity contribution is 6.30. The molecule has 0 spiro atoms. The zero-order valence-corrected chi connectivity index (χ0v) is 10.5. The van der Waals surface area contributed by atoms with Gasteiger partial charge in [0.1, 0.15) is 0 Å². The number of benzene rings is 1. The number of nitrogens with one attached hydrogen (secondary N) is 2. The van der Waals surface area contributed by atoms with Gasteiger partial charge in [-0.3, -0.25) is 10.1 Å². The minimum atomic E-state index is -0.223. The number of likely N-dealkylation sites (N-methyl/N-ethyl adjacent to an activating group) is 1. The molecule has 0 saturated carbocycles. The fourth-order valence-corrected chi connectivity index (χ4v) is 1.74. The Morgan fingerprint density at radius 1 is 1.38 bits per heavy atom. The van der Waals surface area contributed by atoms with Crippen LogP contribution < -0.4 is 10.6 Å². The van der Waals surface area contributed by atoms with Gasteiger partial charge in [-0.15, -0.1) is 0 Å². The molecule has 16 heavy (non-hydrogen) atoms. The lowest BCUT2D eigenvalue weighted by atomic mass is 10.1. The molecule has 0 heterocycles. The number of carbonyl (C=O) groups excluding carboxylic acids is 1. The second kappa shape index (κ2) is 5.87. The van der Waals surface area contributed by atoms with Crippen molar-refractivity contribution in [1.29, 1.82) is 0 Å². The van der Waals surface area contributed by atoms with Crippen molar-refractivity contribution in [2.24, 2.45) is 0 Å². The summed E-state index contributed by atoms with van der Waals surface area (Å²) < 4.78 is 0. The standard InChI is InChI=1S/C12H17ClN2O/c1-8(15-9(2)12(16)14-3)10-5-4-6-11(13)7-10/h4-9,15H,1-3H3,(H,14,16)/t8-,9-/m1/s1. The summed E-state index contributed by atoms with van der Waals surface area (Å²) in [4.78, 5) is 11.3. The first-order valence-electron chi connectivity index (χ1n) is 5.27. The van der Waals surface area contributed by atoms with Crippen molar-refractivity contribution in [3.05, 3.63) is 34.9 Å². The lowest BCUT2D eigenvalue weighted by Gasteiger charge is -2.19. The predicted octanol–water partition coefficient (Wildman–Crippen LogP) is 2.13. The third-order valence-electron chi connectivity index (χ3n) is 2.49. The third kappa shape index (κ3) is 3.51. The van der Waals surface area contributed by atoms with Crippen LogP contribution in [0.2, 0.25) is 5.02 Å². The maximum atomic E-state index is 11.3. The molecule has 0 bridgehead atoms. The minimum absolute atomic E-state index is 0.0196. The smallest absolute Gasteiger partial charge is 0.236 e. The Labute approximate surface area is 101 Å². The molecule has 0 aromatic heterocycles. The molecule has 1 aromatic carbocycles. The molecule has 1 rings (SSSR count). The van der Waals surface area contributed by atoms with E-state index in [0.717, 1.165) is 5.56 Å². The molecule has 0 unspecified atom stereocenters. The Balaban J connectivity index is 2.65. The van der Waals surface area contributed by atoms with E-state index in [-0.39, 0.29) is 18.0 Å². The van der Waals surface area contributed by atoms with Crippen molar-refractivity contribution >= 4 is 17.5 Å². The SMILES string of the molecule is CNC(=O)[C@@H](C)N[C@H](C)c1cccc(Cl)c1. The van der Waals surface area contributed by atoms with Crippen LogP contribution in [0.25, 0.3) is 0 Å². The fourth-order valence-electron chi connectivity index (χ4n) is 1.54. The van der Waals surface area contributed by atoms with Crippen molar-refractivity contribution in [3.8, 4) is 0 Å². The molecule has 0 fully saturated rings. The van der Waals surface area contributed by atoms with Crippen molar-refractivity contribution in [2.45, 2.75) is 25.9 Å². The summed E-state index contributed by atoms with van der Waals surface area (Å²) in [5, 5.41) is 6.52. The first kappa shape index (κ1) is 13.0. The maximum Gasteiger partial charge on any atom is 0.236 e. The molecule has 0 saturated heterocycles. The molecular formula is C12H17ClN2O. The molecule has 0 radical (unpaired) electrons. The number of amides is 1. The molecule has 0 aliphatic rings. The van der Waals surface area contributed by atoms with E-state index >= 15 is 0 Å². The Kier molecular flexibility index (Phi) is 4.77. The summed E-state index contributed by atoms with van der Waals surface area (Å²) in [5.74, 6) is -0.0196. The Morgan fingerprint density at radius 2 is 2.06 bits per heavy atom. The van der Waals surface area contributed by atoms with E-state index < -0.39 is 0 Å². The van der Waals surface area contributed by atoms with Gasteiger partial charge in [0, 0.05) is 18.1 Å². The molecule has 2 atom stereocenters. The van der Waals surface area contributed by atoms with Crippen LogP contribution in [0.3, 0.4) is 0 Å². The predicted molar refractivity (Wildman–Crippen MR) is 66.5 cm³/mol. The Morgan fingerprint density at radius 3 is 2.62 bits per heavy atom. The molecule has 88 valence electrons. The second-order valence-electron chi connectivity index (χ2n) is 3.78. The van der Waals surface area contributed by atoms with Gasteiger partial charge >= 0.3 is 0 Å². The van der Waals surface area contributed by atoms with Crippen LogP contribution in [-0.4, -0.2) is 19.0 Å². The van der Waals surface area contributed by atoms with Crippen molar-refractivity contribution in [1.82, 2.24) is 10.6 Å². The number of hydrogen-bond donors (Lipinski definition) is 2. The quantitative estimate of drug-likeness (QED) is 0.847. The molecule has 3 nitrogen and oxygen atoms in total. The van der Waals surface area contributed by atoms with Crippen LogP contribution in [0.5, 0.6) is 0 Å². The lowest BCUT2D eigenvalue weighted by molar-refractivity contribution is -0.122. The van der Waals surface area contributed by atoms with Crippen molar-refractivity contribution in [2.75, 3.05) is 7.05 Å². The largest absolute Gasteiger partial charge is 0.358 e. The lowest BCUT2D eigenvalue weighted by Crippen LogP contribution is -2.41. The summed E-state index contributed by atoms with van der Waals surface area (Å²) in [6, 6.07) is 7.49. The molecule has 1 amide bonds. The second-order valence-corrected chi connectivity index (χ2v) is 4.22. The van der Waals surface area contributed by atoms with Gasteiger partial charge in [-0.2, -0.15) is 0 Å².